The average molecular weight is 408 g/mol. The highest BCUT2D eigenvalue weighted by molar-refractivity contribution is 6.43. The van der Waals surface area contributed by atoms with Crippen LogP contribution in [-0.4, -0.2) is 43.4 Å². The molecular weight excluding hydrogens is 385 g/mol. The molecule has 2 unspecified atom stereocenters. The Bertz CT molecular complexity index is 797. The quantitative estimate of drug-likeness (QED) is 0.737. The van der Waals surface area contributed by atoms with Gasteiger partial charge in [0.05, 0.1) is 21.7 Å². The van der Waals surface area contributed by atoms with Crippen LogP contribution in [0.25, 0.3) is 0 Å². The summed E-state index contributed by atoms with van der Waals surface area (Å²) >= 11 is 12.0. The number of benzene rings is 2. The summed E-state index contributed by atoms with van der Waals surface area (Å²) in [6, 6.07) is 14.0. The molecule has 0 aliphatic rings. The van der Waals surface area contributed by atoms with Crippen LogP contribution in [-0.2, 0) is 4.79 Å². The SMILES string of the molecule is CC(NC(=O)c1cccc(Cl)c1Cl)C(=O)NCC(c1ccccc1)N(C)C. The zero-order valence-corrected chi connectivity index (χ0v) is 17.0. The highest BCUT2D eigenvalue weighted by Crippen LogP contribution is 2.25. The minimum atomic E-state index is -0.717. The van der Waals surface area contributed by atoms with Crippen LogP contribution in [0.15, 0.2) is 48.5 Å². The van der Waals surface area contributed by atoms with E-state index in [1.807, 2.05) is 49.3 Å². The predicted octanol–water partition coefficient (Wildman–Crippen LogP) is 3.53. The maximum atomic E-state index is 12.4. The van der Waals surface area contributed by atoms with Gasteiger partial charge in [-0.1, -0.05) is 59.6 Å². The lowest BCUT2D eigenvalue weighted by atomic mass is 10.1. The van der Waals surface area contributed by atoms with Crippen LogP contribution in [0, 0.1) is 0 Å². The number of nitrogens with one attached hydrogen (secondary N) is 2. The monoisotopic (exact) mass is 407 g/mol. The van der Waals surface area contributed by atoms with Gasteiger partial charge < -0.3 is 15.5 Å². The van der Waals surface area contributed by atoms with E-state index in [9.17, 15) is 9.59 Å². The standard InChI is InChI=1S/C20H23Cl2N3O2/c1-13(24-20(27)15-10-7-11-16(21)18(15)22)19(26)23-12-17(25(2)3)14-8-5-4-6-9-14/h4-11,13,17H,12H2,1-3H3,(H,23,26)(H,24,27). The summed E-state index contributed by atoms with van der Waals surface area (Å²) in [7, 11) is 3.91. The van der Waals surface area contributed by atoms with E-state index < -0.39 is 11.9 Å². The molecule has 2 N–H and O–H groups in total. The lowest BCUT2D eigenvalue weighted by Gasteiger charge is -2.26. The minimum Gasteiger partial charge on any atom is -0.352 e. The van der Waals surface area contributed by atoms with Crippen molar-refractivity contribution in [2.45, 2.75) is 19.0 Å². The van der Waals surface area contributed by atoms with Crippen LogP contribution in [0.4, 0.5) is 0 Å². The Morgan fingerprint density at radius 1 is 1.04 bits per heavy atom. The summed E-state index contributed by atoms with van der Waals surface area (Å²) in [6.07, 6.45) is 0. The van der Waals surface area contributed by atoms with Crippen molar-refractivity contribution in [2.24, 2.45) is 0 Å². The zero-order valence-electron chi connectivity index (χ0n) is 15.5. The normalized spacial score (nSPS) is 13.1. The zero-order chi connectivity index (χ0) is 20.0. The molecule has 2 amide bonds. The molecule has 0 saturated heterocycles. The van der Waals surface area contributed by atoms with Gasteiger partial charge in [0.1, 0.15) is 6.04 Å². The van der Waals surface area contributed by atoms with Gasteiger partial charge in [-0.2, -0.15) is 0 Å². The van der Waals surface area contributed by atoms with Gasteiger partial charge in [-0.25, -0.2) is 0 Å². The van der Waals surface area contributed by atoms with Crippen LogP contribution in [0.5, 0.6) is 0 Å². The number of carbonyl (C=O) groups excluding carboxylic acids is 2. The van der Waals surface area contributed by atoms with E-state index in [1.54, 1.807) is 25.1 Å². The van der Waals surface area contributed by atoms with Crippen molar-refractivity contribution in [1.29, 1.82) is 0 Å². The Morgan fingerprint density at radius 3 is 2.33 bits per heavy atom. The summed E-state index contributed by atoms with van der Waals surface area (Å²) in [6.45, 7) is 2.05. The third-order valence-corrected chi connectivity index (χ3v) is 5.03. The van der Waals surface area contributed by atoms with E-state index >= 15 is 0 Å². The number of hydrogen-bond donors (Lipinski definition) is 2. The summed E-state index contributed by atoms with van der Waals surface area (Å²) < 4.78 is 0. The summed E-state index contributed by atoms with van der Waals surface area (Å²) in [5, 5.41) is 6.00. The van der Waals surface area contributed by atoms with Crippen molar-refractivity contribution in [3.05, 3.63) is 69.7 Å². The molecule has 0 saturated carbocycles. The first-order valence-electron chi connectivity index (χ1n) is 8.55. The summed E-state index contributed by atoms with van der Waals surface area (Å²) in [5.41, 5.74) is 1.34. The Hall–Kier alpha value is -2.08. The first-order valence-corrected chi connectivity index (χ1v) is 9.30. The molecule has 2 aromatic rings. The minimum absolute atomic E-state index is 0.0282. The lowest BCUT2D eigenvalue weighted by molar-refractivity contribution is -0.122. The van der Waals surface area contributed by atoms with E-state index in [2.05, 4.69) is 10.6 Å². The highest BCUT2D eigenvalue weighted by Gasteiger charge is 2.21. The number of halogens is 2. The molecule has 0 radical (unpaired) electrons. The molecule has 2 rings (SSSR count). The smallest absolute Gasteiger partial charge is 0.253 e. The molecule has 0 aliphatic heterocycles. The molecule has 144 valence electrons. The lowest BCUT2D eigenvalue weighted by Crippen LogP contribution is -2.46. The highest BCUT2D eigenvalue weighted by atomic mass is 35.5. The van der Waals surface area contributed by atoms with E-state index in [1.165, 1.54) is 0 Å². The van der Waals surface area contributed by atoms with Gasteiger partial charge in [-0.15, -0.1) is 0 Å². The van der Waals surface area contributed by atoms with Gasteiger partial charge in [0.15, 0.2) is 0 Å². The molecule has 0 bridgehead atoms. The molecule has 0 aliphatic carbocycles. The van der Waals surface area contributed by atoms with Crippen LogP contribution in [0.2, 0.25) is 10.0 Å². The first-order chi connectivity index (χ1) is 12.8. The largest absolute Gasteiger partial charge is 0.352 e. The molecule has 0 fully saturated rings. The topological polar surface area (TPSA) is 61.4 Å². The number of likely N-dealkylation sites (N-methyl/N-ethyl adjacent to an activating group) is 1. The number of rotatable bonds is 7. The van der Waals surface area contributed by atoms with E-state index in [0.29, 0.717) is 6.54 Å². The number of nitrogens with zero attached hydrogens (tertiary/aromatic N) is 1. The van der Waals surface area contributed by atoms with Crippen molar-refractivity contribution >= 4 is 35.0 Å². The van der Waals surface area contributed by atoms with Crippen LogP contribution >= 0.6 is 23.2 Å². The van der Waals surface area contributed by atoms with Crippen molar-refractivity contribution in [3.8, 4) is 0 Å². The third-order valence-electron chi connectivity index (χ3n) is 4.21. The Balaban J connectivity index is 1.96. The summed E-state index contributed by atoms with van der Waals surface area (Å²) in [5.74, 6) is -0.721. The van der Waals surface area contributed by atoms with Crippen LogP contribution in [0.1, 0.15) is 28.9 Å². The van der Waals surface area contributed by atoms with Crippen molar-refractivity contribution in [1.82, 2.24) is 15.5 Å². The second-order valence-electron chi connectivity index (χ2n) is 6.43. The van der Waals surface area contributed by atoms with E-state index in [-0.39, 0.29) is 27.6 Å². The maximum Gasteiger partial charge on any atom is 0.253 e. The Kier molecular flexibility index (Phi) is 7.66. The van der Waals surface area contributed by atoms with Gasteiger partial charge in [-0.3, -0.25) is 9.59 Å². The number of hydrogen-bond acceptors (Lipinski definition) is 3. The fraction of sp³-hybridized carbons (Fsp3) is 0.300. The molecular formula is C20H23Cl2N3O2. The van der Waals surface area contributed by atoms with Gasteiger partial charge in [0, 0.05) is 6.54 Å². The predicted molar refractivity (Wildman–Crippen MR) is 109 cm³/mol. The Labute approximate surface area is 169 Å². The third kappa shape index (κ3) is 5.70. The average Bonchev–Trinajstić information content (AvgIpc) is 2.64. The van der Waals surface area contributed by atoms with Gasteiger partial charge in [0.2, 0.25) is 5.91 Å². The molecule has 2 aromatic carbocycles. The van der Waals surface area contributed by atoms with Gasteiger partial charge in [-0.05, 0) is 38.7 Å². The number of amides is 2. The van der Waals surface area contributed by atoms with E-state index in [4.69, 9.17) is 23.2 Å². The van der Waals surface area contributed by atoms with Crippen LogP contribution in [0.3, 0.4) is 0 Å². The molecule has 0 heterocycles. The molecule has 7 heteroatoms. The van der Waals surface area contributed by atoms with Crippen molar-refractivity contribution in [3.63, 3.8) is 0 Å². The number of carbonyl (C=O) groups is 2. The molecule has 2 atom stereocenters. The van der Waals surface area contributed by atoms with Crippen LogP contribution < -0.4 is 10.6 Å². The summed E-state index contributed by atoms with van der Waals surface area (Å²) in [4.78, 5) is 26.8. The van der Waals surface area contributed by atoms with Crippen molar-refractivity contribution < 1.29 is 9.59 Å². The molecule has 27 heavy (non-hydrogen) atoms. The second-order valence-corrected chi connectivity index (χ2v) is 7.22. The molecule has 0 spiro atoms. The Morgan fingerprint density at radius 2 is 1.70 bits per heavy atom. The molecule has 5 nitrogen and oxygen atoms in total. The fourth-order valence-corrected chi connectivity index (χ4v) is 3.03. The maximum absolute atomic E-state index is 12.4. The first kappa shape index (κ1) is 21.2. The van der Waals surface area contributed by atoms with Crippen molar-refractivity contribution in [2.75, 3.05) is 20.6 Å². The van der Waals surface area contributed by atoms with E-state index in [0.717, 1.165) is 5.56 Å². The second kappa shape index (κ2) is 9.74. The fourth-order valence-electron chi connectivity index (χ4n) is 2.64. The van der Waals surface area contributed by atoms with Gasteiger partial charge in [0.25, 0.3) is 5.91 Å². The molecule has 0 aromatic heterocycles. The van der Waals surface area contributed by atoms with Gasteiger partial charge >= 0.3 is 0 Å².